The normalized spacial score (nSPS) is 15.1. The third-order valence-corrected chi connectivity index (χ3v) is 3.87. The van der Waals surface area contributed by atoms with Crippen LogP contribution in [0, 0.1) is 5.92 Å². The Labute approximate surface area is 131 Å². The molecule has 1 aliphatic rings. The van der Waals surface area contributed by atoms with Crippen molar-refractivity contribution >= 4 is 23.3 Å². The third kappa shape index (κ3) is 5.37. The first-order valence-corrected chi connectivity index (χ1v) is 7.77. The summed E-state index contributed by atoms with van der Waals surface area (Å²) in [5, 5.41) is 11.4. The third-order valence-electron chi connectivity index (χ3n) is 3.87. The van der Waals surface area contributed by atoms with E-state index >= 15 is 0 Å². The first kappa shape index (κ1) is 16.3. The second-order valence-corrected chi connectivity index (χ2v) is 5.57. The van der Waals surface area contributed by atoms with E-state index in [1.165, 1.54) is 0 Å². The Balaban J connectivity index is 1.80. The lowest BCUT2D eigenvalue weighted by Gasteiger charge is -2.22. The van der Waals surface area contributed by atoms with Crippen molar-refractivity contribution in [2.24, 2.45) is 5.92 Å². The van der Waals surface area contributed by atoms with Gasteiger partial charge in [0.15, 0.2) is 0 Å². The number of benzene rings is 1. The Kier molecular flexibility index (Phi) is 6.21. The van der Waals surface area contributed by atoms with Crippen molar-refractivity contribution in [1.29, 1.82) is 0 Å². The summed E-state index contributed by atoms with van der Waals surface area (Å²) in [6, 6.07) is 6.86. The molecule has 120 valence electrons. The molecule has 0 bridgehead atoms. The molecule has 0 saturated carbocycles. The fourth-order valence-corrected chi connectivity index (χ4v) is 2.60. The summed E-state index contributed by atoms with van der Waals surface area (Å²) in [7, 11) is 1.56. The predicted molar refractivity (Wildman–Crippen MR) is 88.0 cm³/mol. The maximum atomic E-state index is 12.0. The van der Waals surface area contributed by atoms with E-state index in [9.17, 15) is 9.59 Å². The number of nitrogens with one attached hydrogen (secondary N) is 4. The molecule has 0 aromatic heterocycles. The molecule has 0 spiro atoms. The van der Waals surface area contributed by atoms with Crippen molar-refractivity contribution < 1.29 is 9.59 Å². The number of anilines is 2. The molecule has 6 heteroatoms. The number of urea groups is 1. The molecule has 0 aliphatic carbocycles. The van der Waals surface area contributed by atoms with Gasteiger partial charge in [-0.2, -0.15) is 0 Å². The molecule has 22 heavy (non-hydrogen) atoms. The van der Waals surface area contributed by atoms with Crippen molar-refractivity contribution in [3.63, 3.8) is 0 Å². The van der Waals surface area contributed by atoms with Gasteiger partial charge in [-0.1, -0.05) is 6.07 Å². The zero-order valence-electron chi connectivity index (χ0n) is 12.9. The van der Waals surface area contributed by atoms with Gasteiger partial charge in [0.05, 0.1) is 0 Å². The maximum absolute atomic E-state index is 12.0. The van der Waals surface area contributed by atoms with Gasteiger partial charge < -0.3 is 21.3 Å². The molecule has 4 N–H and O–H groups in total. The number of hydrogen-bond donors (Lipinski definition) is 4. The predicted octanol–water partition coefficient (Wildman–Crippen LogP) is 2.16. The van der Waals surface area contributed by atoms with Crippen LogP contribution in [0.2, 0.25) is 0 Å². The van der Waals surface area contributed by atoms with Gasteiger partial charge in [0, 0.05) is 24.8 Å². The number of piperidine rings is 1. The van der Waals surface area contributed by atoms with Crippen molar-refractivity contribution in [3.05, 3.63) is 24.3 Å². The van der Waals surface area contributed by atoms with Gasteiger partial charge in [0.2, 0.25) is 5.91 Å². The Morgan fingerprint density at radius 3 is 2.55 bits per heavy atom. The second-order valence-electron chi connectivity index (χ2n) is 5.57. The quantitative estimate of drug-likeness (QED) is 0.673. The number of hydrogen-bond acceptors (Lipinski definition) is 3. The van der Waals surface area contributed by atoms with Crippen LogP contribution in [-0.2, 0) is 4.79 Å². The molecule has 0 unspecified atom stereocenters. The van der Waals surface area contributed by atoms with E-state index in [1.54, 1.807) is 25.2 Å². The van der Waals surface area contributed by atoms with E-state index in [-0.39, 0.29) is 11.9 Å². The molecule has 0 atom stereocenters. The molecule has 0 radical (unpaired) electrons. The number of carbonyl (C=O) groups excluding carboxylic acids is 2. The summed E-state index contributed by atoms with van der Waals surface area (Å²) in [5.74, 6) is 0.670. The smallest absolute Gasteiger partial charge is 0.318 e. The second kappa shape index (κ2) is 8.38. The van der Waals surface area contributed by atoms with Crippen LogP contribution in [0.15, 0.2) is 24.3 Å². The Morgan fingerprint density at radius 1 is 1.18 bits per heavy atom. The minimum atomic E-state index is -0.283. The highest BCUT2D eigenvalue weighted by Gasteiger charge is 2.14. The highest BCUT2D eigenvalue weighted by molar-refractivity contribution is 5.93. The zero-order chi connectivity index (χ0) is 15.8. The minimum Gasteiger partial charge on any atom is -0.341 e. The molecule has 1 aromatic rings. The van der Waals surface area contributed by atoms with Gasteiger partial charge in [-0.25, -0.2) is 4.79 Å². The van der Waals surface area contributed by atoms with E-state index in [0.717, 1.165) is 32.4 Å². The van der Waals surface area contributed by atoms with Gasteiger partial charge in [-0.3, -0.25) is 4.79 Å². The zero-order valence-corrected chi connectivity index (χ0v) is 12.9. The van der Waals surface area contributed by atoms with Crippen molar-refractivity contribution in [2.75, 3.05) is 30.8 Å². The molecule has 2 rings (SSSR count). The lowest BCUT2D eigenvalue weighted by Crippen LogP contribution is -2.28. The molecule has 1 aromatic carbocycles. The minimum absolute atomic E-state index is 0.0237. The lowest BCUT2D eigenvalue weighted by molar-refractivity contribution is -0.116. The Bertz CT molecular complexity index is 513. The first-order chi connectivity index (χ1) is 10.7. The summed E-state index contributed by atoms with van der Waals surface area (Å²) >= 11 is 0. The van der Waals surface area contributed by atoms with Crippen LogP contribution in [0.4, 0.5) is 16.2 Å². The summed E-state index contributed by atoms with van der Waals surface area (Å²) in [6.07, 6.45) is 3.78. The molecule has 1 aliphatic heterocycles. The Hall–Kier alpha value is -2.08. The van der Waals surface area contributed by atoms with Crippen LogP contribution >= 0.6 is 0 Å². The average molecular weight is 304 g/mol. The number of amides is 3. The van der Waals surface area contributed by atoms with E-state index < -0.39 is 0 Å². The van der Waals surface area contributed by atoms with Crippen molar-refractivity contribution in [2.45, 2.75) is 25.7 Å². The fourth-order valence-electron chi connectivity index (χ4n) is 2.60. The maximum Gasteiger partial charge on any atom is 0.318 e. The van der Waals surface area contributed by atoms with Crippen molar-refractivity contribution in [1.82, 2.24) is 10.6 Å². The average Bonchev–Trinajstić information content (AvgIpc) is 2.54. The van der Waals surface area contributed by atoms with E-state index in [2.05, 4.69) is 21.3 Å². The largest absolute Gasteiger partial charge is 0.341 e. The van der Waals surface area contributed by atoms with Crippen LogP contribution in [0.1, 0.15) is 25.7 Å². The molecule has 1 heterocycles. The first-order valence-electron chi connectivity index (χ1n) is 7.77. The molecular formula is C16H24N4O2. The molecule has 1 saturated heterocycles. The van der Waals surface area contributed by atoms with Crippen molar-refractivity contribution in [3.8, 4) is 0 Å². The highest BCUT2D eigenvalue weighted by Crippen LogP contribution is 2.19. The van der Waals surface area contributed by atoms with Crippen LogP contribution in [-0.4, -0.2) is 32.1 Å². The summed E-state index contributed by atoms with van der Waals surface area (Å²) in [5.41, 5.74) is 1.35. The van der Waals surface area contributed by atoms with Gasteiger partial charge in [0.25, 0.3) is 0 Å². The van der Waals surface area contributed by atoms with Gasteiger partial charge in [-0.05, 0) is 56.5 Å². The standard InChI is InChI=1S/C16H24N4O2/c1-17-16(22)20-14-4-2-3-13(11-14)19-15(21)6-5-12-7-9-18-10-8-12/h2-4,11-12,18H,5-10H2,1H3,(H,19,21)(H2,17,20,22). The molecule has 1 fully saturated rings. The SMILES string of the molecule is CNC(=O)Nc1cccc(NC(=O)CCC2CCNCC2)c1. The van der Waals surface area contributed by atoms with Gasteiger partial charge in [0.1, 0.15) is 0 Å². The van der Waals surface area contributed by atoms with E-state index in [0.29, 0.717) is 23.7 Å². The van der Waals surface area contributed by atoms with Crippen LogP contribution < -0.4 is 21.3 Å². The summed E-state index contributed by atoms with van der Waals surface area (Å²) in [4.78, 5) is 23.3. The van der Waals surface area contributed by atoms with E-state index in [1.807, 2.05) is 6.07 Å². The summed E-state index contributed by atoms with van der Waals surface area (Å²) in [6.45, 7) is 2.11. The van der Waals surface area contributed by atoms with E-state index in [4.69, 9.17) is 0 Å². The molecular weight excluding hydrogens is 280 g/mol. The molecule has 6 nitrogen and oxygen atoms in total. The number of rotatable bonds is 5. The number of carbonyl (C=O) groups is 2. The highest BCUT2D eigenvalue weighted by atomic mass is 16.2. The van der Waals surface area contributed by atoms with Gasteiger partial charge >= 0.3 is 6.03 Å². The van der Waals surface area contributed by atoms with Crippen LogP contribution in [0.5, 0.6) is 0 Å². The topological polar surface area (TPSA) is 82.3 Å². The van der Waals surface area contributed by atoms with Crippen LogP contribution in [0.25, 0.3) is 0 Å². The monoisotopic (exact) mass is 304 g/mol. The Morgan fingerprint density at radius 2 is 1.86 bits per heavy atom. The fraction of sp³-hybridized carbons (Fsp3) is 0.500. The lowest BCUT2D eigenvalue weighted by atomic mass is 9.93. The van der Waals surface area contributed by atoms with Gasteiger partial charge in [-0.15, -0.1) is 0 Å². The summed E-state index contributed by atoms with van der Waals surface area (Å²) < 4.78 is 0. The molecule has 3 amide bonds. The van der Waals surface area contributed by atoms with Crippen LogP contribution in [0.3, 0.4) is 0 Å².